The molecule has 0 saturated heterocycles. The molecule has 0 amide bonds. The molecule has 1 saturated carbocycles. The summed E-state index contributed by atoms with van der Waals surface area (Å²) < 4.78 is 27.3. The van der Waals surface area contributed by atoms with Crippen LogP contribution in [0.4, 0.5) is 0 Å². The van der Waals surface area contributed by atoms with Gasteiger partial charge in [-0.2, -0.15) is 11.8 Å². The van der Waals surface area contributed by atoms with Gasteiger partial charge in [0.2, 0.25) is 10.0 Å². The molecule has 0 spiro atoms. The first-order valence-corrected chi connectivity index (χ1v) is 10.2. The predicted molar refractivity (Wildman–Crippen MR) is 88.1 cm³/mol. The van der Waals surface area contributed by atoms with E-state index in [9.17, 15) is 8.42 Å². The highest BCUT2D eigenvalue weighted by Crippen LogP contribution is 2.19. The maximum Gasteiger partial charge on any atom is 0.242 e. The van der Waals surface area contributed by atoms with Crippen LogP contribution in [0.2, 0.25) is 0 Å². The minimum Gasteiger partial charge on any atom is -0.363 e. The average molecular weight is 332 g/mol. The second-order valence-corrected chi connectivity index (χ2v) is 8.63. The Kier molecular flexibility index (Phi) is 6.16. The van der Waals surface area contributed by atoms with Gasteiger partial charge >= 0.3 is 0 Å². The van der Waals surface area contributed by atoms with Gasteiger partial charge in [0, 0.05) is 30.5 Å². The van der Waals surface area contributed by atoms with Crippen molar-refractivity contribution in [3.63, 3.8) is 0 Å². The van der Waals surface area contributed by atoms with Crippen molar-refractivity contribution in [3.05, 3.63) is 18.0 Å². The molecule has 5 nitrogen and oxygen atoms in total. The highest BCUT2D eigenvalue weighted by Gasteiger charge is 2.22. The third kappa shape index (κ3) is 5.65. The van der Waals surface area contributed by atoms with Crippen LogP contribution in [0.25, 0.3) is 0 Å². The van der Waals surface area contributed by atoms with Crippen LogP contribution in [0.5, 0.6) is 0 Å². The topological polar surface area (TPSA) is 74.0 Å². The molecule has 120 valence electrons. The molecule has 0 aliphatic heterocycles. The van der Waals surface area contributed by atoms with Crippen LogP contribution in [-0.4, -0.2) is 37.0 Å². The van der Waals surface area contributed by atoms with E-state index in [-0.39, 0.29) is 6.04 Å². The van der Waals surface area contributed by atoms with Gasteiger partial charge in [-0.3, -0.25) is 0 Å². The van der Waals surface area contributed by atoms with Crippen molar-refractivity contribution in [3.8, 4) is 0 Å². The quantitative estimate of drug-likeness (QED) is 0.574. The lowest BCUT2D eigenvalue weighted by Gasteiger charge is -2.12. The van der Waals surface area contributed by atoms with Gasteiger partial charge in [0.25, 0.3) is 0 Å². The van der Waals surface area contributed by atoms with E-state index in [0.29, 0.717) is 17.5 Å². The monoisotopic (exact) mass is 331 g/mol. The number of aromatic amines is 1. The first kappa shape index (κ1) is 16.9. The van der Waals surface area contributed by atoms with E-state index >= 15 is 0 Å². The van der Waals surface area contributed by atoms with Crippen molar-refractivity contribution in [1.82, 2.24) is 15.0 Å². The van der Waals surface area contributed by atoms with Crippen molar-refractivity contribution in [2.45, 2.75) is 56.6 Å². The van der Waals surface area contributed by atoms with E-state index in [1.807, 2.05) is 18.7 Å². The molecule has 0 bridgehead atoms. The Morgan fingerprint density at radius 1 is 1.48 bits per heavy atom. The molecule has 1 fully saturated rings. The van der Waals surface area contributed by atoms with Crippen LogP contribution < -0.4 is 10.0 Å². The van der Waals surface area contributed by atoms with E-state index in [1.54, 1.807) is 12.3 Å². The van der Waals surface area contributed by atoms with E-state index in [4.69, 9.17) is 0 Å². The molecule has 3 N–H and O–H groups in total. The van der Waals surface area contributed by atoms with E-state index < -0.39 is 10.0 Å². The van der Waals surface area contributed by atoms with Crippen molar-refractivity contribution in [2.75, 3.05) is 11.5 Å². The highest BCUT2D eigenvalue weighted by molar-refractivity contribution is 7.99. The molecule has 7 heteroatoms. The fourth-order valence-corrected chi connectivity index (χ4v) is 4.12. The molecule has 1 unspecified atom stereocenters. The molecule has 21 heavy (non-hydrogen) atoms. The molecule has 1 atom stereocenters. The molecular formula is C14H25N3O2S2. The second kappa shape index (κ2) is 7.67. The summed E-state index contributed by atoms with van der Waals surface area (Å²) >= 11 is 1.83. The van der Waals surface area contributed by atoms with Crippen molar-refractivity contribution in [2.24, 2.45) is 0 Å². The Morgan fingerprint density at radius 2 is 2.24 bits per heavy atom. The fraction of sp³-hybridized carbons (Fsp3) is 0.714. The summed E-state index contributed by atoms with van der Waals surface area (Å²) in [5, 5.41) is 3.36. The van der Waals surface area contributed by atoms with Gasteiger partial charge in [0.05, 0.1) is 4.90 Å². The Balaban J connectivity index is 1.85. The molecule has 1 aromatic rings. The molecule has 1 aromatic heterocycles. The van der Waals surface area contributed by atoms with Crippen molar-refractivity contribution in [1.29, 1.82) is 0 Å². The first-order chi connectivity index (χ1) is 10.0. The summed E-state index contributed by atoms with van der Waals surface area (Å²) in [4.78, 5) is 3.36. The number of hydrogen-bond donors (Lipinski definition) is 3. The molecule has 1 aliphatic rings. The number of rotatable bonds is 10. The van der Waals surface area contributed by atoms with Gasteiger partial charge in [0.1, 0.15) is 0 Å². The fourth-order valence-electron chi connectivity index (χ4n) is 2.01. The lowest BCUT2D eigenvalue weighted by atomic mass is 10.3. The van der Waals surface area contributed by atoms with Crippen molar-refractivity contribution < 1.29 is 8.42 Å². The van der Waals surface area contributed by atoms with Crippen molar-refractivity contribution >= 4 is 21.8 Å². The molecule has 1 heterocycles. The van der Waals surface area contributed by atoms with E-state index in [1.165, 1.54) is 12.8 Å². The Hall–Kier alpha value is -0.500. The zero-order valence-corrected chi connectivity index (χ0v) is 14.3. The van der Waals surface area contributed by atoms with Gasteiger partial charge in [0.15, 0.2) is 0 Å². The number of sulfonamides is 1. The maximum absolute atomic E-state index is 12.3. The number of aromatic nitrogens is 1. The molecule has 0 radical (unpaired) electrons. The minimum atomic E-state index is -3.42. The largest absolute Gasteiger partial charge is 0.363 e. The summed E-state index contributed by atoms with van der Waals surface area (Å²) in [6.45, 7) is 4.72. The Bertz CT molecular complexity index is 538. The van der Waals surface area contributed by atoms with Crippen LogP contribution >= 0.6 is 11.8 Å². The lowest BCUT2D eigenvalue weighted by molar-refractivity contribution is 0.557. The summed E-state index contributed by atoms with van der Waals surface area (Å²) in [6.07, 6.45) is 4.86. The number of hydrogen-bond acceptors (Lipinski definition) is 4. The molecule has 2 rings (SSSR count). The normalized spacial score (nSPS) is 17.0. The minimum absolute atomic E-state index is 0.0445. The number of thioether (sulfide) groups is 1. The summed E-state index contributed by atoms with van der Waals surface area (Å²) in [6, 6.07) is 2.28. The Labute approximate surface area is 131 Å². The zero-order valence-electron chi connectivity index (χ0n) is 12.7. The number of nitrogens with one attached hydrogen (secondary N) is 3. The average Bonchev–Trinajstić information content (AvgIpc) is 3.12. The summed E-state index contributed by atoms with van der Waals surface area (Å²) in [5.41, 5.74) is 0.913. The van der Waals surface area contributed by atoms with Crippen LogP contribution in [0.1, 0.15) is 38.8 Å². The van der Waals surface area contributed by atoms with Gasteiger partial charge < -0.3 is 10.3 Å². The smallest absolute Gasteiger partial charge is 0.242 e. The van der Waals surface area contributed by atoms with Crippen LogP contribution in [0.3, 0.4) is 0 Å². The highest BCUT2D eigenvalue weighted by atomic mass is 32.2. The van der Waals surface area contributed by atoms with Gasteiger partial charge in [-0.05, 0) is 43.8 Å². The second-order valence-electron chi connectivity index (χ2n) is 5.52. The molecule has 1 aliphatic carbocycles. The van der Waals surface area contributed by atoms with Crippen LogP contribution in [0, 0.1) is 0 Å². The third-order valence-electron chi connectivity index (χ3n) is 3.44. The SMILES string of the molecule is CCSCCC(C)NS(=O)(=O)c1c[nH]c(CNC2CC2)c1. The van der Waals surface area contributed by atoms with Gasteiger partial charge in [-0.25, -0.2) is 13.1 Å². The standard InChI is InChI=1S/C14H25N3O2S2/c1-3-20-7-6-11(2)17-21(18,19)14-8-13(16-10-14)9-15-12-4-5-12/h8,10-12,15-17H,3-7,9H2,1-2H3. The Morgan fingerprint density at radius 3 is 2.90 bits per heavy atom. The van der Waals surface area contributed by atoms with E-state index in [0.717, 1.165) is 23.6 Å². The predicted octanol–water partition coefficient (Wildman–Crippen LogP) is 2.08. The van der Waals surface area contributed by atoms with Crippen LogP contribution in [-0.2, 0) is 16.6 Å². The number of H-pyrrole nitrogens is 1. The zero-order chi connectivity index (χ0) is 15.3. The maximum atomic E-state index is 12.3. The first-order valence-electron chi connectivity index (χ1n) is 7.52. The van der Waals surface area contributed by atoms with Gasteiger partial charge in [-0.1, -0.05) is 6.92 Å². The third-order valence-corrected chi connectivity index (χ3v) is 5.94. The molecule has 0 aromatic carbocycles. The summed E-state index contributed by atoms with van der Waals surface area (Å²) in [7, 11) is -3.42. The van der Waals surface area contributed by atoms with E-state index in [2.05, 4.69) is 21.9 Å². The van der Waals surface area contributed by atoms with Crippen LogP contribution in [0.15, 0.2) is 17.2 Å². The summed E-state index contributed by atoms with van der Waals surface area (Å²) in [5.74, 6) is 2.04. The van der Waals surface area contributed by atoms with Gasteiger partial charge in [-0.15, -0.1) is 0 Å². The molecular weight excluding hydrogens is 306 g/mol. The lowest BCUT2D eigenvalue weighted by Crippen LogP contribution is -2.32.